The lowest BCUT2D eigenvalue weighted by molar-refractivity contribution is -0.118. The van der Waals surface area contributed by atoms with E-state index in [0.717, 1.165) is 0 Å². The Hall–Kier alpha value is -2.86. The van der Waals surface area contributed by atoms with Crippen LogP contribution in [0.15, 0.2) is 48.3 Å². The number of nitrogens with zero attached hydrogens (tertiary/aromatic N) is 1. The number of amides is 2. The normalized spacial score (nSPS) is 12.5. The number of ether oxygens (including phenoxy) is 1. The highest BCUT2D eigenvalue weighted by atomic mass is 35.5. The van der Waals surface area contributed by atoms with Crippen LogP contribution in [-0.2, 0) is 4.79 Å². The first kappa shape index (κ1) is 15.1. The summed E-state index contributed by atoms with van der Waals surface area (Å²) in [5.74, 6) is -0.245. The molecule has 2 aromatic rings. The third-order valence-corrected chi connectivity index (χ3v) is 3.42. The van der Waals surface area contributed by atoms with E-state index in [0.29, 0.717) is 27.5 Å². The van der Waals surface area contributed by atoms with E-state index in [1.165, 1.54) is 6.20 Å². The number of rotatable bonds is 2. The SMILES string of the molecule is O=C(NNC(=O)c1cccnc1)C1=Cc2cc(Cl)ccc2OC1. The summed E-state index contributed by atoms with van der Waals surface area (Å²) in [6, 6.07) is 8.39. The van der Waals surface area contributed by atoms with Crippen LogP contribution in [0.3, 0.4) is 0 Å². The van der Waals surface area contributed by atoms with Gasteiger partial charge in [0.05, 0.1) is 11.1 Å². The highest BCUT2D eigenvalue weighted by molar-refractivity contribution is 6.30. The van der Waals surface area contributed by atoms with E-state index in [1.807, 2.05) is 0 Å². The lowest BCUT2D eigenvalue weighted by Gasteiger charge is -2.18. The molecule has 0 radical (unpaired) electrons. The van der Waals surface area contributed by atoms with Crippen LogP contribution < -0.4 is 15.6 Å². The third kappa shape index (κ3) is 3.49. The van der Waals surface area contributed by atoms with Gasteiger partial charge in [0, 0.05) is 23.0 Å². The summed E-state index contributed by atoms with van der Waals surface area (Å²) in [4.78, 5) is 27.8. The van der Waals surface area contributed by atoms with Crippen molar-refractivity contribution in [3.05, 3.63) is 64.4 Å². The first-order valence-corrected chi connectivity index (χ1v) is 7.15. The Morgan fingerprint density at radius 1 is 1.17 bits per heavy atom. The van der Waals surface area contributed by atoms with Crippen molar-refractivity contribution in [3.63, 3.8) is 0 Å². The molecule has 2 amide bonds. The molecule has 2 heterocycles. The Bertz CT molecular complexity index is 790. The Labute approximate surface area is 137 Å². The van der Waals surface area contributed by atoms with Gasteiger partial charge in [-0.3, -0.25) is 25.4 Å². The van der Waals surface area contributed by atoms with Crippen LogP contribution in [0.1, 0.15) is 15.9 Å². The lowest BCUT2D eigenvalue weighted by Crippen LogP contribution is -2.43. The Kier molecular flexibility index (Phi) is 4.25. The molecular weight excluding hydrogens is 318 g/mol. The molecule has 0 aliphatic carbocycles. The second-order valence-corrected chi connectivity index (χ2v) is 5.23. The van der Waals surface area contributed by atoms with Crippen molar-refractivity contribution >= 4 is 29.5 Å². The zero-order chi connectivity index (χ0) is 16.2. The molecule has 0 fully saturated rings. The third-order valence-electron chi connectivity index (χ3n) is 3.19. The topological polar surface area (TPSA) is 80.3 Å². The van der Waals surface area contributed by atoms with Crippen LogP contribution in [0.25, 0.3) is 6.08 Å². The van der Waals surface area contributed by atoms with E-state index < -0.39 is 11.8 Å². The van der Waals surface area contributed by atoms with Gasteiger partial charge in [0.1, 0.15) is 12.4 Å². The van der Waals surface area contributed by atoms with Gasteiger partial charge in [-0.15, -0.1) is 0 Å². The minimum Gasteiger partial charge on any atom is -0.488 e. The number of nitrogens with one attached hydrogen (secondary N) is 2. The first-order valence-electron chi connectivity index (χ1n) is 6.77. The monoisotopic (exact) mass is 329 g/mol. The van der Waals surface area contributed by atoms with Crippen molar-refractivity contribution in [3.8, 4) is 5.75 Å². The number of carbonyl (C=O) groups is 2. The molecule has 0 spiro atoms. The average molecular weight is 330 g/mol. The molecule has 3 rings (SSSR count). The summed E-state index contributed by atoms with van der Waals surface area (Å²) >= 11 is 5.93. The Morgan fingerprint density at radius 3 is 2.78 bits per heavy atom. The number of carbonyl (C=O) groups excluding carboxylic acids is 2. The van der Waals surface area contributed by atoms with E-state index in [1.54, 1.807) is 42.6 Å². The van der Waals surface area contributed by atoms with Gasteiger partial charge < -0.3 is 4.74 Å². The van der Waals surface area contributed by atoms with E-state index in [9.17, 15) is 9.59 Å². The van der Waals surface area contributed by atoms with Gasteiger partial charge in [0.15, 0.2) is 0 Å². The molecule has 1 aromatic carbocycles. The molecule has 1 aromatic heterocycles. The summed E-state index contributed by atoms with van der Waals surface area (Å²) in [6.07, 6.45) is 4.64. The summed E-state index contributed by atoms with van der Waals surface area (Å²) in [7, 11) is 0. The summed E-state index contributed by atoms with van der Waals surface area (Å²) in [5.41, 5.74) is 6.12. The maximum Gasteiger partial charge on any atom is 0.271 e. The van der Waals surface area contributed by atoms with E-state index in [4.69, 9.17) is 16.3 Å². The summed E-state index contributed by atoms with van der Waals surface area (Å²) in [6.45, 7) is 0.114. The Morgan fingerprint density at radius 2 is 2.00 bits per heavy atom. The quantitative estimate of drug-likeness (QED) is 0.826. The fourth-order valence-electron chi connectivity index (χ4n) is 2.04. The van der Waals surface area contributed by atoms with Crippen molar-refractivity contribution in [1.29, 1.82) is 0 Å². The van der Waals surface area contributed by atoms with Crippen LogP contribution >= 0.6 is 11.6 Å². The second-order valence-electron chi connectivity index (χ2n) is 4.79. The molecule has 0 unspecified atom stereocenters. The van der Waals surface area contributed by atoms with Crippen LogP contribution in [0.5, 0.6) is 5.75 Å². The van der Waals surface area contributed by atoms with Crippen molar-refractivity contribution in [2.45, 2.75) is 0 Å². The van der Waals surface area contributed by atoms with Crippen LogP contribution in [0, 0.1) is 0 Å². The van der Waals surface area contributed by atoms with Gasteiger partial charge in [-0.25, -0.2) is 0 Å². The maximum absolute atomic E-state index is 12.1. The molecule has 0 atom stereocenters. The van der Waals surface area contributed by atoms with E-state index >= 15 is 0 Å². The number of hydrogen-bond donors (Lipinski definition) is 2. The predicted molar refractivity (Wildman–Crippen MR) is 84.8 cm³/mol. The predicted octanol–water partition coefficient (Wildman–Crippen LogP) is 1.97. The van der Waals surface area contributed by atoms with Crippen molar-refractivity contribution in [2.24, 2.45) is 0 Å². The molecule has 116 valence electrons. The van der Waals surface area contributed by atoms with Gasteiger partial charge >= 0.3 is 0 Å². The van der Waals surface area contributed by atoms with Crippen molar-refractivity contribution < 1.29 is 14.3 Å². The average Bonchev–Trinajstić information content (AvgIpc) is 2.59. The van der Waals surface area contributed by atoms with E-state index in [2.05, 4.69) is 15.8 Å². The summed E-state index contributed by atoms with van der Waals surface area (Å²) in [5, 5.41) is 0.551. The molecule has 23 heavy (non-hydrogen) atoms. The van der Waals surface area contributed by atoms with Crippen molar-refractivity contribution in [2.75, 3.05) is 6.61 Å². The molecule has 0 saturated heterocycles. The molecule has 0 saturated carbocycles. The molecule has 1 aliphatic rings. The van der Waals surface area contributed by atoms with Crippen LogP contribution in [0.4, 0.5) is 0 Å². The zero-order valence-corrected chi connectivity index (χ0v) is 12.6. The van der Waals surface area contributed by atoms with E-state index in [-0.39, 0.29) is 6.61 Å². The minimum absolute atomic E-state index is 0.114. The highest BCUT2D eigenvalue weighted by Gasteiger charge is 2.18. The van der Waals surface area contributed by atoms with Crippen LogP contribution in [-0.4, -0.2) is 23.4 Å². The number of hydrogen-bond acceptors (Lipinski definition) is 4. The lowest BCUT2D eigenvalue weighted by atomic mass is 10.1. The maximum atomic E-state index is 12.1. The molecule has 1 aliphatic heterocycles. The largest absolute Gasteiger partial charge is 0.488 e. The number of aromatic nitrogens is 1. The van der Waals surface area contributed by atoms with Gasteiger partial charge in [-0.2, -0.15) is 0 Å². The fraction of sp³-hybridized carbons (Fsp3) is 0.0625. The number of benzene rings is 1. The fourth-order valence-corrected chi connectivity index (χ4v) is 2.22. The van der Waals surface area contributed by atoms with Crippen LogP contribution in [0.2, 0.25) is 5.02 Å². The molecule has 6 nitrogen and oxygen atoms in total. The molecule has 0 bridgehead atoms. The first-order chi connectivity index (χ1) is 11.1. The summed E-state index contributed by atoms with van der Waals surface area (Å²) < 4.78 is 5.49. The smallest absolute Gasteiger partial charge is 0.271 e. The standard InChI is InChI=1S/C16H12ClN3O3/c17-13-3-4-14-11(7-13)6-12(9-23-14)16(22)20-19-15(21)10-2-1-5-18-8-10/h1-8H,9H2,(H,19,21)(H,20,22). The number of fused-ring (bicyclic) bond motifs is 1. The molecule has 2 N–H and O–H groups in total. The minimum atomic E-state index is -0.452. The zero-order valence-electron chi connectivity index (χ0n) is 11.9. The highest BCUT2D eigenvalue weighted by Crippen LogP contribution is 2.28. The number of pyridine rings is 1. The van der Waals surface area contributed by atoms with Gasteiger partial charge in [-0.1, -0.05) is 11.6 Å². The van der Waals surface area contributed by atoms with Gasteiger partial charge in [0.25, 0.3) is 11.8 Å². The van der Waals surface area contributed by atoms with Crippen molar-refractivity contribution in [1.82, 2.24) is 15.8 Å². The number of hydrazine groups is 1. The van der Waals surface area contributed by atoms with Gasteiger partial charge in [-0.05, 0) is 36.4 Å². The molecular formula is C16H12ClN3O3. The second kappa shape index (κ2) is 6.50. The molecule has 7 heteroatoms. The Balaban J connectivity index is 1.66. The number of halogens is 1. The van der Waals surface area contributed by atoms with Gasteiger partial charge in [0.2, 0.25) is 0 Å².